The van der Waals surface area contributed by atoms with Crippen LogP contribution in [0.15, 0.2) is 30.5 Å². The van der Waals surface area contributed by atoms with Crippen molar-refractivity contribution in [2.75, 3.05) is 0 Å². The van der Waals surface area contributed by atoms with E-state index in [1.165, 1.54) is 18.3 Å². The number of alkyl halides is 3. The van der Waals surface area contributed by atoms with E-state index in [9.17, 15) is 26.4 Å². The van der Waals surface area contributed by atoms with Crippen LogP contribution in [0.3, 0.4) is 0 Å². The van der Waals surface area contributed by atoms with E-state index in [-0.39, 0.29) is 5.52 Å². The summed E-state index contributed by atoms with van der Waals surface area (Å²) in [6, 6.07) is 4.94. The standard InChI is InChI=1S/C14H14F3NO5S/c1-13(2,3)22-12(19)18-7-6-9-4-5-10(8-11(9)18)23-24(20,21)14(15,16)17/h4-8H,1-3H3. The molecule has 0 N–H and O–H groups in total. The molecule has 6 nitrogen and oxygen atoms in total. The predicted molar refractivity (Wildman–Crippen MR) is 79.2 cm³/mol. The Morgan fingerprint density at radius 1 is 1.12 bits per heavy atom. The Morgan fingerprint density at radius 3 is 2.29 bits per heavy atom. The van der Waals surface area contributed by atoms with E-state index < -0.39 is 33.1 Å². The van der Waals surface area contributed by atoms with Crippen LogP contribution < -0.4 is 4.18 Å². The van der Waals surface area contributed by atoms with Crippen molar-refractivity contribution < 1.29 is 35.3 Å². The lowest BCUT2D eigenvalue weighted by Crippen LogP contribution is -2.28. The summed E-state index contributed by atoms with van der Waals surface area (Å²) in [5, 5.41) is 0.498. The fourth-order valence-corrected chi connectivity index (χ4v) is 2.26. The van der Waals surface area contributed by atoms with Crippen LogP contribution >= 0.6 is 0 Å². The van der Waals surface area contributed by atoms with Crippen molar-refractivity contribution >= 4 is 27.1 Å². The Kier molecular flexibility index (Phi) is 4.29. The number of ether oxygens (including phenoxy) is 1. The molecular weight excluding hydrogens is 351 g/mol. The molecule has 0 atom stereocenters. The van der Waals surface area contributed by atoms with Crippen molar-refractivity contribution in [1.29, 1.82) is 0 Å². The Bertz CT molecular complexity index is 878. The van der Waals surface area contributed by atoms with Crippen LogP contribution in [0.25, 0.3) is 10.9 Å². The minimum atomic E-state index is -5.79. The summed E-state index contributed by atoms with van der Waals surface area (Å²) in [4.78, 5) is 12.1. The van der Waals surface area contributed by atoms with Gasteiger partial charge in [0, 0.05) is 17.6 Å². The Morgan fingerprint density at radius 2 is 1.75 bits per heavy atom. The molecule has 0 radical (unpaired) electrons. The van der Waals surface area contributed by atoms with E-state index in [2.05, 4.69) is 4.18 Å². The smallest absolute Gasteiger partial charge is 0.443 e. The monoisotopic (exact) mass is 365 g/mol. The summed E-state index contributed by atoms with van der Waals surface area (Å²) in [5.41, 5.74) is -6.17. The zero-order valence-electron chi connectivity index (χ0n) is 12.9. The molecule has 2 aromatic rings. The van der Waals surface area contributed by atoms with Crippen molar-refractivity contribution in [3.05, 3.63) is 30.5 Å². The number of hydrogen-bond donors (Lipinski definition) is 0. The second kappa shape index (κ2) is 5.69. The second-order valence-electron chi connectivity index (χ2n) is 5.87. The Labute approximate surface area is 135 Å². The molecule has 0 aliphatic carbocycles. The number of fused-ring (bicyclic) bond motifs is 1. The van der Waals surface area contributed by atoms with Gasteiger partial charge in [-0.1, -0.05) is 0 Å². The van der Waals surface area contributed by atoms with E-state index in [0.29, 0.717) is 5.39 Å². The van der Waals surface area contributed by atoms with E-state index >= 15 is 0 Å². The fraction of sp³-hybridized carbons (Fsp3) is 0.357. The summed E-state index contributed by atoms with van der Waals surface area (Å²) in [6.45, 7) is 4.96. The first kappa shape index (κ1) is 18.1. The summed E-state index contributed by atoms with van der Waals surface area (Å²) in [5.74, 6) is -0.566. The molecule has 0 bridgehead atoms. The van der Waals surface area contributed by atoms with Crippen LogP contribution in [0.1, 0.15) is 20.8 Å². The van der Waals surface area contributed by atoms with Gasteiger partial charge in [0.1, 0.15) is 11.4 Å². The lowest BCUT2D eigenvalue weighted by Gasteiger charge is -2.19. The number of benzene rings is 1. The van der Waals surface area contributed by atoms with Gasteiger partial charge in [0.25, 0.3) is 0 Å². The van der Waals surface area contributed by atoms with Crippen LogP contribution in [0.2, 0.25) is 0 Å². The van der Waals surface area contributed by atoms with E-state index in [4.69, 9.17) is 4.74 Å². The van der Waals surface area contributed by atoms with Crippen molar-refractivity contribution in [2.24, 2.45) is 0 Å². The number of hydrogen-bond acceptors (Lipinski definition) is 5. The largest absolute Gasteiger partial charge is 0.534 e. The molecule has 0 saturated heterocycles. The third-order valence-electron chi connectivity index (χ3n) is 2.74. The molecule has 0 aliphatic heterocycles. The Balaban J connectivity index is 2.41. The molecule has 0 amide bonds. The average Bonchev–Trinajstić information content (AvgIpc) is 2.77. The minimum Gasteiger partial charge on any atom is -0.443 e. The van der Waals surface area contributed by atoms with Gasteiger partial charge in [0.05, 0.1) is 5.52 Å². The molecule has 2 rings (SSSR count). The number of nitrogens with zero attached hydrogens (tertiary/aromatic N) is 1. The van der Waals surface area contributed by atoms with Crippen molar-refractivity contribution in [2.45, 2.75) is 31.9 Å². The maximum absolute atomic E-state index is 12.4. The zero-order valence-corrected chi connectivity index (χ0v) is 13.7. The van der Waals surface area contributed by atoms with Crippen LogP contribution in [0, 0.1) is 0 Å². The van der Waals surface area contributed by atoms with Gasteiger partial charge >= 0.3 is 21.7 Å². The molecule has 1 aromatic heterocycles. The van der Waals surface area contributed by atoms with Gasteiger partial charge in [-0.15, -0.1) is 0 Å². The van der Waals surface area contributed by atoms with Crippen LogP contribution in [0.5, 0.6) is 5.75 Å². The molecule has 0 aliphatic rings. The summed E-state index contributed by atoms with van der Waals surface area (Å²) >= 11 is 0. The highest BCUT2D eigenvalue weighted by molar-refractivity contribution is 7.88. The zero-order chi connectivity index (χ0) is 18.3. The number of aromatic nitrogens is 1. The normalized spacial score (nSPS) is 13.1. The van der Waals surface area contributed by atoms with E-state index in [1.807, 2.05) is 0 Å². The van der Waals surface area contributed by atoms with Crippen molar-refractivity contribution in [1.82, 2.24) is 4.57 Å². The lowest BCUT2D eigenvalue weighted by atomic mass is 10.2. The van der Waals surface area contributed by atoms with Gasteiger partial charge in [-0.25, -0.2) is 4.79 Å². The summed E-state index contributed by atoms with van der Waals surface area (Å²) < 4.78 is 69.5. The third kappa shape index (κ3) is 3.81. The first-order valence-electron chi connectivity index (χ1n) is 6.65. The molecule has 0 spiro atoms. The average molecular weight is 365 g/mol. The lowest BCUT2D eigenvalue weighted by molar-refractivity contribution is -0.0500. The fourth-order valence-electron chi connectivity index (χ4n) is 1.80. The van der Waals surface area contributed by atoms with Gasteiger partial charge in [0.2, 0.25) is 0 Å². The maximum Gasteiger partial charge on any atom is 0.534 e. The molecular formula is C14H14F3NO5S. The van der Waals surface area contributed by atoms with Crippen LogP contribution in [0.4, 0.5) is 18.0 Å². The molecule has 132 valence electrons. The highest BCUT2D eigenvalue weighted by atomic mass is 32.2. The molecule has 1 heterocycles. The van der Waals surface area contributed by atoms with E-state index in [0.717, 1.165) is 16.7 Å². The minimum absolute atomic E-state index is 0.152. The first-order valence-corrected chi connectivity index (χ1v) is 8.06. The summed E-state index contributed by atoms with van der Waals surface area (Å²) in [7, 11) is -5.79. The number of carbonyl (C=O) groups is 1. The number of rotatable bonds is 2. The van der Waals surface area contributed by atoms with Crippen molar-refractivity contribution in [3.8, 4) is 5.75 Å². The highest BCUT2D eigenvalue weighted by Crippen LogP contribution is 2.29. The van der Waals surface area contributed by atoms with Crippen molar-refractivity contribution in [3.63, 3.8) is 0 Å². The van der Waals surface area contributed by atoms with Gasteiger partial charge in [-0.05, 0) is 39.0 Å². The third-order valence-corrected chi connectivity index (χ3v) is 3.72. The second-order valence-corrected chi connectivity index (χ2v) is 7.41. The van der Waals surface area contributed by atoms with E-state index in [1.54, 1.807) is 20.8 Å². The van der Waals surface area contributed by atoms with Gasteiger partial charge < -0.3 is 8.92 Å². The first-order chi connectivity index (χ1) is 10.8. The topological polar surface area (TPSA) is 74.6 Å². The molecule has 0 unspecified atom stereocenters. The van der Waals surface area contributed by atoms with Gasteiger partial charge in [-0.2, -0.15) is 21.6 Å². The molecule has 0 fully saturated rings. The highest BCUT2D eigenvalue weighted by Gasteiger charge is 2.48. The predicted octanol–water partition coefficient (Wildman–Crippen LogP) is 3.65. The Hall–Kier alpha value is -2.23. The maximum atomic E-state index is 12.4. The molecule has 0 saturated carbocycles. The summed E-state index contributed by atoms with van der Waals surface area (Å²) in [6.07, 6.45) is 0.606. The number of carbonyl (C=O) groups excluding carboxylic acids is 1. The number of halogens is 3. The SMILES string of the molecule is CC(C)(C)OC(=O)n1ccc2ccc(OS(=O)(=O)C(F)(F)F)cc21. The molecule has 24 heavy (non-hydrogen) atoms. The van der Waals surface area contributed by atoms with Crippen LogP contribution in [-0.4, -0.2) is 30.2 Å². The van der Waals surface area contributed by atoms with Gasteiger partial charge in [0.15, 0.2) is 0 Å². The molecule has 10 heteroatoms. The quantitative estimate of drug-likeness (QED) is 0.600. The van der Waals surface area contributed by atoms with Crippen LogP contribution in [-0.2, 0) is 14.9 Å². The molecule has 1 aromatic carbocycles. The van der Waals surface area contributed by atoms with Gasteiger partial charge in [-0.3, -0.25) is 4.57 Å².